The largest absolute Gasteiger partial charge is 0.342 e. The van der Waals surface area contributed by atoms with Crippen LogP contribution in [-0.4, -0.2) is 23.6 Å². The molecule has 2 atom stereocenters. The number of rotatable bonds is 6. The summed E-state index contributed by atoms with van der Waals surface area (Å²) in [6.45, 7) is 11.0. The van der Waals surface area contributed by atoms with E-state index in [0.717, 1.165) is 19.5 Å². The van der Waals surface area contributed by atoms with Crippen molar-refractivity contribution in [3.8, 4) is 0 Å². The molecule has 2 rings (SSSR count). The monoisotopic (exact) mass is 281 g/mol. The van der Waals surface area contributed by atoms with Gasteiger partial charge in [0.05, 0.1) is 5.69 Å². The summed E-state index contributed by atoms with van der Waals surface area (Å²) < 4.78 is 0. The van der Waals surface area contributed by atoms with Crippen LogP contribution in [0, 0.1) is 0 Å². The Morgan fingerprint density at radius 2 is 2.11 bits per heavy atom. The second kappa shape index (κ2) is 6.71. The van der Waals surface area contributed by atoms with Gasteiger partial charge in [-0.05, 0) is 39.2 Å². The molecule has 0 amide bonds. The third-order valence-corrected chi connectivity index (χ3v) is 5.23. The molecule has 0 aromatic carbocycles. The van der Waals surface area contributed by atoms with E-state index in [1.807, 2.05) is 11.3 Å². The summed E-state index contributed by atoms with van der Waals surface area (Å²) >= 11 is 1.90. The molecule has 108 valence electrons. The van der Waals surface area contributed by atoms with Crippen molar-refractivity contribution in [3.63, 3.8) is 0 Å². The minimum Gasteiger partial charge on any atom is -0.342 e. The summed E-state index contributed by atoms with van der Waals surface area (Å²) in [5.74, 6) is 0. The van der Waals surface area contributed by atoms with Crippen LogP contribution in [0.4, 0.5) is 5.13 Å². The zero-order chi connectivity index (χ0) is 13.8. The van der Waals surface area contributed by atoms with Crippen molar-refractivity contribution in [2.75, 3.05) is 11.4 Å². The molecular weight excluding hydrogens is 254 g/mol. The van der Waals surface area contributed by atoms with Crippen molar-refractivity contribution in [3.05, 3.63) is 10.6 Å². The van der Waals surface area contributed by atoms with Crippen molar-refractivity contribution in [1.82, 2.24) is 10.3 Å². The van der Waals surface area contributed by atoms with E-state index in [-0.39, 0.29) is 0 Å². The molecule has 0 bridgehead atoms. The first-order valence-corrected chi connectivity index (χ1v) is 8.50. The number of hydrogen-bond donors (Lipinski definition) is 1. The molecule has 1 saturated heterocycles. The SMILES string of the molecule is CCNCc1sc(N2C(C)CCC2CC)nc1CC. The maximum Gasteiger partial charge on any atom is 0.186 e. The lowest BCUT2D eigenvalue weighted by molar-refractivity contribution is 0.625. The maximum absolute atomic E-state index is 4.92. The molecule has 19 heavy (non-hydrogen) atoms. The molecular formula is C15H27N3S. The first kappa shape index (κ1) is 14.8. The van der Waals surface area contributed by atoms with E-state index in [1.54, 1.807) is 0 Å². The van der Waals surface area contributed by atoms with E-state index in [1.165, 1.54) is 35.0 Å². The Morgan fingerprint density at radius 3 is 2.74 bits per heavy atom. The van der Waals surface area contributed by atoms with Crippen LogP contribution in [0.2, 0.25) is 0 Å². The molecule has 0 saturated carbocycles. The van der Waals surface area contributed by atoms with Gasteiger partial charge in [-0.2, -0.15) is 0 Å². The lowest BCUT2D eigenvalue weighted by Gasteiger charge is -2.27. The van der Waals surface area contributed by atoms with Gasteiger partial charge >= 0.3 is 0 Å². The lowest BCUT2D eigenvalue weighted by Crippen LogP contribution is -2.33. The standard InChI is InChI=1S/C15H27N3S/c1-5-12-9-8-11(4)18(12)15-17-13(6-2)14(19-15)10-16-7-3/h11-12,16H,5-10H2,1-4H3. The van der Waals surface area contributed by atoms with Crippen LogP contribution in [0.1, 0.15) is 57.5 Å². The van der Waals surface area contributed by atoms with Gasteiger partial charge in [-0.25, -0.2) is 4.98 Å². The fourth-order valence-electron chi connectivity index (χ4n) is 2.95. The Kier molecular flexibility index (Phi) is 5.22. The molecule has 1 aromatic heterocycles. The Balaban J connectivity index is 2.21. The highest BCUT2D eigenvalue weighted by molar-refractivity contribution is 7.15. The number of anilines is 1. The average molecular weight is 281 g/mol. The smallest absolute Gasteiger partial charge is 0.186 e. The van der Waals surface area contributed by atoms with Gasteiger partial charge in [0.1, 0.15) is 0 Å². The molecule has 1 aliphatic rings. The zero-order valence-electron chi connectivity index (χ0n) is 12.7. The summed E-state index contributed by atoms with van der Waals surface area (Å²) in [6, 6.07) is 1.34. The fraction of sp³-hybridized carbons (Fsp3) is 0.800. The number of thiazole rings is 1. The zero-order valence-corrected chi connectivity index (χ0v) is 13.5. The molecule has 1 aromatic rings. The highest BCUT2D eigenvalue weighted by Crippen LogP contribution is 2.36. The predicted octanol–water partition coefficient (Wildman–Crippen LogP) is 3.58. The van der Waals surface area contributed by atoms with E-state index in [4.69, 9.17) is 4.98 Å². The number of nitrogens with one attached hydrogen (secondary N) is 1. The van der Waals surface area contributed by atoms with Crippen molar-refractivity contribution >= 4 is 16.5 Å². The molecule has 0 aliphatic carbocycles. The second-order valence-corrected chi connectivity index (χ2v) is 6.46. The van der Waals surface area contributed by atoms with Crippen LogP contribution < -0.4 is 10.2 Å². The molecule has 2 heterocycles. The quantitative estimate of drug-likeness (QED) is 0.864. The van der Waals surface area contributed by atoms with Gasteiger partial charge in [0.2, 0.25) is 0 Å². The van der Waals surface area contributed by atoms with Crippen LogP contribution in [0.5, 0.6) is 0 Å². The van der Waals surface area contributed by atoms with Gasteiger partial charge in [-0.1, -0.05) is 20.8 Å². The number of hydrogen-bond acceptors (Lipinski definition) is 4. The highest BCUT2D eigenvalue weighted by atomic mass is 32.1. The minimum atomic E-state index is 0.646. The Hall–Kier alpha value is -0.610. The molecule has 0 spiro atoms. The van der Waals surface area contributed by atoms with Gasteiger partial charge in [0.25, 0.3) is 0 Å². The van der Waals surface area contributed by atoms with E-state index in [0.29, 0.717) is 12.1 Å². The normalized spacial score (nSPS) is 23.3. The topological polar surface area (TPSA) is 28.2 Å². The third kappa shape index (κ3) is 3.11. The summed E-state index contributed by atoms with van der Waals surface area (Å²) in [5.41, 5.74) is 1.29. The lowest BCUT2D eigenvalue weighted by atomic mass is 10.2. The van der Waals surface area contributed by atoms with E-state index in [9.17, 15) is 0 Å². The average Bonchev–Trinajstić information content (AvgIpc) is 2.98. The van der Waals surface area contributed by atoms with Gasteiger partial charge < -0.3 is 10.2 Å². The van der Waals surface area contributed by atoms with E-state index < -0.39 is 0 Å². The Morgan fingerprint density at radius 1 is 1.32 bits per heavy atom. The number of aryl methyl sites for hydroxylation is 1. The van der Waals surface area contributed by atoms with E-state index >= 15 is 0 Å². The summed E-state index contributed by atoms with van der Waals surface area (Å²) in [4.78, 5) is 8.91. The summed E-state index contributed by atoms with van der Waals surface area (Å²) in [5, 5.41) is 4.68. The maximum atomic E-state index is 4.92. The van der Waals surface area contributed by atoms with Crippen LogP contribution in [-0.2, 0) is 13.0 Å². The second-order valence-electron chi connectivity index (χ2n) is 5.40. The Bertz CT molecular complexity index is 402. The van der Waals surface area contributed by atoms with Crippen LogP contribution in [0.25, 0.3) is 0 Å². The minimum absolute atomic E-state index is 0.646. The molecule has 4 heteroatoms. The number of nitrogens with zero attached hydrogens (tertiary/aromatic N) is 2. The molecule has 0 radical (unpaired) electrons. The first-order valence-electron chi connectivity index (χ1n) is 7.68. The highest BCUT2D eigenvalue weighted by Gasteiger charge is 2.31. The molecule has 1 aliphatic heterocycles. The summed E-state index contributed by atoms with van der Waals surface area (Å²) in [7, 11) is 0. The van der Waals surface area contributed by atoms with Crippen molar-refractivity contribution in [2.24, 2.45) is 0 Å². The van der Waals surface area contributed by atoms with Gasteiger partial charge in [0, 0.05) is 23.5 Å². The Labute approximate surface area is 121 Å². The third-order valence-electron chi connectivity index (χ3n) is 4.12. The van der Waals surface area contributed by atoms with Gasteiger partial charge in [-0.15, -0.1) is 11.3 Å². The number of aromatic nitrogens is 1. The van der Waals surface area contributed by atoms with Gasteiger partial charge in [0.15, 0.2) is 5.13 Å². The molecule has 3 nitrogen and oxygen atoms in total. The first-order chi connectivity index (χ1) is 9.21. The summed E-state index contributed by atoms with van der Waals surface area (Å²) in [6.07, 6.45) is 4.90. The molecule has 1 fully saturated rings. The van der Waals surface area contributed by atoms with Crippen molar-refractivity contribution in [1.29, 1.82) is 0 Å². The fourth-order valence-corrected chi connectivity index (χ4v) is 4.24. The van der Waals surface area contributed by atoms with Crippen molar-refractivity contribution in [2.45, 2.75) is 72.0 Å². The van der Waals surface area contributed by atoms with Crippen LogP contribution >= 0.6 is 11.3 Å². The van der Waals surface area contributed by atoms with Crippen LogP contribution in [0.3, 0.4) is 0 Å². The van der Waals surface area contributed by atoms with Crippen LogP contribution in [0.15, 0.2) is 0 Å². The molecule has 2 unspecified atom stereocenters. The molecule has 1 N–H and O–H groups in total. The van der Waals surface area contributed by atoms with E-state index in [2.05, 4.69) is 37.9 Å². The predicted molar refractivity (Wildman–Crippen MR) is 84.1 cm³/mol. The van der Waals surface area contributed by atoms with Crippen molar-refractivity contribution < 1.29 is 0 Å². The van der Waals surface area contributed by atoms with Gasteiger partial charge in [-0.3, -0.25) is 0 Å².